The van der Waals surface area contributed by atoms with Crippen LogP contribution in [0.5, 0.6) is 0 Å². The van der Waals surface area contributed by atoms with Crippen LogP contribution in [0.3, 0.4) is 0 Å². The summed E-state index contributed by atoms with van der Waals surface area (Å²) in [5, 5.41) is 11.4. The number of rotatable bonds is 4. The lowest BCUT2D eigenvalue weighted by atomic mass is 10.1. The van der Waals surface area contributed by atoms with Gasteiger partial charge in [0.15, 0.2) is 0 Å². The molecule has 15 heavy (non-hydrogen) atoms. The number of nitrogens with zero attached hydrogens (tertiary/aromatic N) is 1. The highest BCUT2D eigenvalue weighted by Gasteiger charge is 2.23. The van der Waals surface area contributed by atoms with E-state index in [0.29, 0.717) is 0 Å². The van der Waals surface area contributed by atoms with Gasteiger partial charge in [-0.25, -0.2) is 0 Å². The first kappa shape index (κ1) is 12.0. The number of carbonyl (C=O) groups is 2. The van der Waals surface area contributed by atoms with Gasteiger partial charge < -0.3 is 15.3 Å². The maximum absolute atomic E-state index is 11.7. The first-order valence-electron chi connectivity index (χ1n) is 5.33. The maximum atomic E-state index is 11.7. The van der Waals surface area contributed by atoms with Crippen LogP contribution in [0.1, 0.15) is 25.7 Å². The molecule has 1 aliphatic rings. The second-order valence-electron chi connectivity index (χ2n) is 3.83. The highest BCUT2D eigenvalue weighted by molar-refractivity contribution is 5.84. The summed E-state index contributed by atoms with van der Waals surface area (Å²) >= 11 is 0. The molecule has 2 N–H and O–H groups in total. The molecule has 86 valence electrons. The van der Waals surface area contributed by atoms with E-state index in [1.54, 1.807) is 11.9 Å². The number of likely N-dealkylation sites (tertiary alicyclic amines) is 1. The first-order chi connectivity index (χ1) is 7.15. The van der Waals surface area contributed by atoms with Crippen LogP contribution in [0.15, 0.2) is 0 Å². The molecule has 1 fully saturated rings. The Labute approximate surface area is 89.4 Å². The summed E-state index contributed by atoms with van der Waals surface area (Å²) in [4.78, 5) is 24.2. The molecule has 0 aliphatic carbocycles. The predicted octanol–water partition coefficient (Wildman–Crippen LogP) is 0.0616. The van der Waals surface area contributed by atoms with Crippen molar-refractivity contribution >= 4 is 11.9 Å². The van der Waals surface area contributed by atoms with Gasteiger partial charge in [-0.1, -0.05) is 0 Å². The number of hydrogen-bond acceptors (Lipinski definition) is 3. The van der Waals surface area contributed by atoms with E-state index in [2.05, 4.69) is 5.32 Å². The normalized spacial score (nSPS) is 18.6. The molecular formula is C10H18N2O3. The Morgan fingerprint density at radius 1 is 1.33 bits per heavy atom. The quantitative estimate of drug-likeness (QED) is 0.694. The van der Waals surface area contributed by atoms with E-state index in [9.17, 15) is 9.59 Å². The van der Waals surface area contributed by atoms with Gasteiger partial charge in [-0.15, -0.1) is 0 Å². The Morgan fingerprint density at radius 2 is 1.93 bits per heavy atom. The van der Waals surface area contributed by atoms with Gasteiger partial charge in [-0.3, -0.25) is 9.59 Å². The van der Waals surface area contributed by atoms with Crippen molar-refractivity contribution in [3.05, 3.63) is 0 Å². The largest absolute Gasteiger partial charge is 0.480 e. The number of aliphatic carboxylic acids is 1. The number of carboxylic acids is 1. The van der Waals surface area contributed by atoms with E-state index in [0.717, 1.165) is 32.4 Å². The summed E-state index contributed by atoms with van der Waals surface area (Å²) < 4.78 is 0. The van der Waals surface area contributed by atoms with Crippen LogP contribution in [0.2, 0.25) is 0 Å². The summed E-state index contributed by atoms with van der Waals surface area (Å²) in [6.07, 6.45) is 3.27. The van der Waals surface area contributed by atoms with Crippen LogP contribution >= 0.6 is 0 Å². The Kier molecular flexibility index (Phi) is 4.55. The summed E-state index contributed by atoms with van der Waals surface area (Å²) in [5.41, 5.74) is 0. The molecule has 5 heteroatoms. The fraction of sp³-hybridized carbons (Fsp3) is 0.800. The average molecular weight is 214 g/mol. The van der Waals surface area contributed by atoms with Gasteiger partial charge >= 0.3 is 5.97 Å². The number of likely N-dealkylation sites (N-methyl/N-ethyl adjacent to an activating group) is 1. The minimum atomic E-state index is -0.970. The number of hydrogen-bond donors (Lipinski definition) is 2. The molecule has 0 radical (unpaired) electrons. The number of piperidine rings is 1. The molecule has 1 rings (SSSR count). The van der Waals surface area contributed by atoms with E-state index in [4.69, 9.17) is 5.11 Å². The Bertz CT molecular complexity index is 237. The van der Waals surface area contributed by atoms with Gasteiger partial charge in [0.1, 0.15) is 6.04 Å². The van der Waals surface area contributed by atoms with Crippen molar-refractivity contribution in [3.63, 3.8) is 0 Å². The van der Waals surface area contributed by atoms with E-state index >= 15 is 0 Å². The molecule has 1 saturated heterocycles. The molecule has 0 aromatic heterocycles. The minimum absolute atomic E-state index is 0.0475. The lowest BCUT2D eigenvalue weighted by Gasteiger charge is -2.27. The predicted molar refractivity (Wildman–Crippen MR) is 55.5 cm³/mol. The molecule has 0 aromatic carbocycles. The molecule has 1 heterocycles. The average Bonchev–Trinajstić information content (AvgIpc) is 2.26. The standard InChI is InChI=1S/C10H18N2O3/c1-11-8(10(14)15)7-9(13)12-5-3-2-4-6-12/h8,11H,2-7H2,1H3,(H,14,15)/t8-/m0/s1. The van der Waals surface area contributed by atoms with Crippen molar-refractivity contribution in [2.45, 2.75) is 31.7 Å². The van der Waals surface area contributed by atoms with Crippen molar-refractivity contribution in [2.75, 3.05) is 20.1 Å². The summed E-state index contributed by atoms with van der Waals surface area (Å²) in [7, 11) is 1.56. The molecular weight excluding hydrogens is 196 g/mol. The zero-order valence-corrected chi connectivity index (χ0v) is 9.03. The van der Waals surface area contributed by atoms with Gasteiger partial charge in [0, 0.05) is 13.1 Å². The van der Waals surface area contributed by atoms with Crippen molar-refractivity contribution in [1.29, 1.82) is 0 Å². The highest BCUT2D eigenvalue weighted by atomic mass is 16.4. The van der Waals surface area contributed by atoms with Crippen molar-refractivity contribution in [3.8, 4) is 0 Å². The topological polar surface area (TPSA) is 69.6 Å². The SMILES string of the molecule is CN[C@@H](CC(=O)N1CCCCC1)C(=O)O. The second kappa shape index (κ2) is 5.70. The lowest BCUT2D eigenvalue weighted by molar-refractivity contribution is -0.143. The fourth-order valence-electron chi connectivity index (χ4n) is 1.76. The molecule has 1 atom stereocenters. The molecule has 5 nitrogen and oxygen atoms in total. The molecule has 0 aromatic rings. The minimum Gasteiger partial charge on any atom is -0.480 e. The molecule has 0 spiro atoms. The fourth-order valence-corrected chi connectivity index (χ4v) is 1.76. The number of amides is 1. The highest BCUT2D eigenvalue weighted by Crippen LogP contribution is 2.10. The second-order valence-corrected chi connectivity index (χ2v) is 3.83. The summed E-state index contributed by atoms with van der Waals surface area (Å²) in [5.74, 6) is -1.03. The van der Waals surface area contributed by atoms with Crippen LogP contribution in [-0.2, 0) is 9.59 Å². The number of nitrogens with one attached hydrogen (secondary N) is 1. The van der Waals surface area contributed by atoms with Crippen LogP contribution < -0.4 is 5.32 Å². The Morgan fingerprint density at radius 3 is 2.40 bits per heavy atom. The van der Waals surface area contributed by atoms with Gasteiger partial charge in [-0.2, -0.15) is 0 Å². The van der Waals surface area contributed by atoms with E-state index in [1.165, 1.54) is 0 Å². The third-order valence-electron chi connectivity index (χ3n) is 2.73. The zero-order valence-electron chi connectivity index (χ0n) is 9.03. The van der Waals surface area contributed by atoms with Crippen molar-refractivity contribution in [2.24, 2.45) is 0 Å². The maximum Gasteiger partial charge on any atom is 0.321 e. The Balaban J connectivity index is 2.42. The van der Waals surface area contributed by atoms with Crippen LogP contribution in [-0.4, -0.2) is 48.1 Å². The Hall–Kier alpha value is -1.10. The van der Waals surface area contributed by atoms with Crippen LogP contribution in [0.4, 0.5) is 0 Å². The lowest BCUT2D eigenvalue weighted by Crippen LogP contribution is -2.42. The molecule has 0 bridgehead atoms. The molecule has 0 unspecified atom stereocenters. The van der Waals surface area contributed by atoms with Crippen molar-refractivity contribution in [1.82, 2.24) is 10.2 Å². The van der Waals surface area contributed by atoms with Crippen molar-refractivity contribution < 1.29 is 14.7 Å². The molecule has 1 amide bonds. The van der Waals surface area contributed by atoms with Gasteiger partial charge in [0.2, 0.25) is 5.91 Å². The van der Waals surface area contributed by atoms with Crippen LogP contribution in [0.25, 0.3) is 0 Å². The number of carbonyl (C=O) groups excluding carboxylic acids is 1. The van der Waals surface area contributed by atoms with E-state index in [1.807, 2.05) is 0 Å². The third kappa shape index (κ3) is 3.51. The van der Waals surface area contributed by atoms with E-state index < -0.39 is 12.0 Å². The number of carboxylic acid groups (broad SMARTS) is 1. The monoisotopic (exact) mass is 214 g/mol. The smallest absolute Gasteiger partial charge is 0.321 e. The summed E-state index contributed by atoms with van der Waals surface area (Å²) in [6.45, 7) is 1.55. The van der Waals surface area contributed by atoms with Gasteiger partial charge in [-0.05, 0) is 26.3 Å². The first-order valence-corrected chi connectivity index (χ1v) is 5.33. The van der Waals surface area contributed by atoms with Crippen LogP contribution in [0, 0.1) is 0 Å². The summed E-state index contributed by atoms with van der Waals surface area (Å²) in [6, 6.07) is -0.764. The van der Waals surface area contributed by atoms with E-state index in [-0.39, 0.29) is 12.3 Å². The van der Waals surface area contributed by atoms with Gasteiger partial charge in [0.05, 0.1) is 6.42 Å². The molecule has 0 saturated carbocycles. The third-order valence-corrected chi connectivity index (χ3v) is 2.73. The zero-order chi connectivity index (χ0) is 11.3. The van der Waals surface area contributed by atoms with Gasteiger partial charge in [0.25, 0.3) is 0 Å². The molecule has 1 aliphatic heterocycles.